The Balaban J connectivity index is 2.34. The fraction of sp³-hybridized carbons (Fsp3) is 0.429. The number of nitrogens with two attached hydrogens (primary N) is 1. The van der Waals surface area contributed by atoms with E-state index in [0.29, 0.717) is 11.3 Å². The van der Waals surface area contributed by atoms with Gasteiger partial charge in [-0.05, 0) is 30.4 Å². The van der Waals surface area contributed by atoms with Gasteiger partial charge in [0.15, 0.2) is 0 Å². The largest absolute Gasteiger partial charge is 0.495 e. The van der Waals surface area contributed by atoms with Crippen molar-refractivity contribution in [3.63, 3.8) is 0 Å². The number of benzene rings is 1. The number of nitrogens with one attached hydrogen (secondary N) is 1. The highest BCUT2D eigenvalue weighted by Crippen LogP contribution is 2.26. The van der Waals surface area contributed by atoms with Crippen LogP contribution in [-0.2, 0) is 10.0 Å². The molecule has 7 heteroatoms. The van der Waals surface area contributed by atoms with Crippen molar-refractivity contribution in [2.24, 2.45) is 5.73 Å². The van der Waals surface area contributed by atoms with E-state index < -0.39 is 10.0 Å². The van der Waals surface area contributed by atoms with E-state index in [4.69, 9.17) is 10.5 Å². The lowest BCUT2D eigenvalue weighted by Crippen LogP contribution is -2.34. The summed E-state index contributed by atoms with van der Waals surface area (Å²) in [5.41, 5.74) is 5.93. The van der Waals surface area contributed by atoms with Crippen molar-refractivity contribution in [3.8, 4) is 17.6 Å². The molecule has 1 aromatic carbocycles. The van der Waals surface area contributed by atoms with Gasteiger partial charge in [-0.2, -0.15) is 11.8 Å². The second-order valence-corrected chi connectivity index (χ2v) is 7.39. The molecule has 1 heterocycles. The van der Waals surface area contributed by atoms with E-state index >= 15 is 0 Å². The van der Waals surface area contributed by atoms with Gasteiger partial charge in [0, 0.05) is 17.4 Å². The number of rotatable bonds is 4. The minimum atomic E-state index is -3.62. The predicted molar refractivity (Wildman–Crippen MR) is 85.0 cm³/mol. The molecule has 114 valence electrons. The quantitative estimate of drug-likeness (QED) is 0.800. The summed E-state index contributed by atoms with van der Waals surface area (Å²) in [7, 11) is -2.17. The molecule has 0 bridgehead atoms. The summed E-state index contributed by atoms with van der Waals surface area (Å²) >= 11 is 1.75. The van der Waals surface area contributed by atoms with Crippen LogP contribution >= 0.6 is 11.8 Å². The van der Waals surface area contributed by atoms with E-state index in [1.54, 1.807) is 23.9 Å². The van der Waals surface area contributed by atoms with Gasteiger partial charge >= 0.3 is 0 Å². The zero-order valence-corrected chi connectivity index (χ0v) is 13.4. The summed E-state index contributed by atoms with van der Waals surface area (Å²) in [6.07, 6.45) is 0.846. The standard InChI is InChI=1S/C14H18N2O3S2/c1-19-13-5-4-11(3-2-7-15)9-14(13)21(17,18)16-12-6-8-20-10-12/h4-5,9,12,16H,6-8,10,15H2,1H3. The van der Waals surface area contributed by atoms with E-state index in [1.165, 1.54) is 13.2 Å². The molecule has 1 unspecified atom stereocenters. The number of ether oxygens (including phenoxy) is 1. The molecule has 3 N–H and O–H groups in total. The molecule has 5 nitrogen and oxygen atoms in total. The molecule has 0 aliphatic carbocycles. The maximum atomic E-state index is 12.5. The molecule has 1 saturated heterocycles. The maximum Gasteiger partial charge on any atom is 0.244 e. The third kappa shape index (κ3) is 4.14. The van der Waals surface area contributed by atoms with Crippen molar-refractivity contribution in [2.45, 2.75) is 17.4 Å². The Bertz CT molecular complexity index is 657. The van der Waals surface area contributed by atoms with Crippen LogP contribution in [0.5, 0.6) is 5.75 Å². The lowest BCUT2D eigenvalue weighted by Gasteiger charge is -2.14. The Labute approximate surface area is 129 Å². The van der Waals surface area contributed by atoms with Crippen LogP contribution in [0.4, 0.5) is 0 Å². The summed E-state index contributed by atoms with van der Waals surface area (Å²) < 4.78 is 32.9. The van der Waals surface area contributed by atoms with Crippen LogP contribution in [0.15, 0.2) is 23.1 Å². The lowest BCUT2D eigenvalue weighted by molar-refractivity contribution is 0.402. The number of hydrogen-bond acceptors (Lipinski definition) is 5. The molecule has 2 rings (SSSR count). The average Bonchev–Trinajstić information content (AvgIpc) is 2.97. The maximum absolute atomic E-state index is 12.5. The summed E-state index contributed by atoms with van der Waals surface area (Å²) in [5, 5.41) is 0. The van der Waals surface area contributed by atoms with Crippen LogP contribution in [-0.4, -0.2) is 39.6 Å². The van der Waals surface area contributed by atoms with Crippen molar-refractivity contribution >= 4 is 21.8 Å². The van der Waals surface area contributed by atoms with Crippen LogP contribution in [0.25, 0.3) is 0 Å². The van der Waals surface area contributed by atoms with Crippen LogP contribution in [0.3, 0.4) is 0 Å². The van der Waals surface area contributed by atoms with E-state index in [1.807, 2.05) is 0 Å². The third-order valence-electron chi connectivity index (χ3n) is 3.04. The molecule has 0 radical (unpaired) electrons. The number of sulfonamides is 1. The number of thioether (sulfide) groups is 1. The first-order valence-corrected chi connectivity index (χ1v) is 9.17. The van der Waals surface area contributed by atoms with Gasteiger partial charge < -0.3 is 10.5 Å². The highest BCUT2D eigenvalue weighted by atomic mass is 32.2. The van der Waals surface area contributed by atoms with E-state index in [9.17, 15) is 8.42 Å². The van der Waals surface area contributed by atoms with Gasteiger partial charge in [-0.25, -0.2) is 13.1 Å². The van der Waals surface area contributed by atoms with Gasteiger partial charge in [-0.1, -0.05) is 11.8 Å². The highest BCUT2D eigenvalue weighted by Gasteiger charge is 2.26. The molecule has 0 aromatic heterocycles. The molecule has 1 aliphatic rings. The monoisotopic (exact) mass is 326 g/mol. The Morgan fingerprint density at radius 2 is 2.33 bits per heavy atom. The van der Waals surface area contributed by atoms with Crippen LogP contribution in [0, 0.1) is 11.8 Å². The Morgan fingerprint density at radius 1 is 1.52 bits per heavy atom. The van der Waals surface area contributed by atoms with Gasteiger partial charge in [0.05, 0.1) is 13.7 Å². The molecule has 1 aliphatic heterocycles. The Hall–Kier alpha value is -1.20. The fourth-order valence-corrected chi connectivity index (χ4v) is 4.75. The molecule has 1 aromatic rings. The minimum absolute atomic E-state index is 0.0245. The smallest absolute Gasteiger partial charge is 0.244 e. The molecular formula is C14H18N2O3S2. The Kier molecular flexibility index (Phi) is 5.53. The van der Waals surface area contributed by atoms with Gasteiger partial charge in [-0.15, -0.1) is 0 Å². The van der Waals surface area contributed by atoms with E-state index in [0.717, 1.165) is 17.9 Å². The van der Waals surface area contributed by atoms with Gasteiger partial charge in [0.1, 0.15) is 10.6 Å². The summed E-state index contributed by atoms with van der Waals surface area (Å²) in [5.74, 6) is 7.64. The molecule has 1 atom stereocenters. The second-order valence-electron chi connectivity index (χ2n) is 4.55. The van der Waals surface area contributed by atoms with Gasteiger partial charge in [0.2, 0.25) is 10.0 Å². The number of methoxy groups -OCH3 is 1. The van der Waals surface area contributed by atoms with Crippen molar-refractivity contribution < 1.29 is 13.2 Å². The van der Waals surface area contributed by atoms with Crippen LogP contribution < -0.4 is 15.2 Å². The summed E-state index contributed by atoms with van der Waals surface area (Å²) in [6, 6.07) is 4.82. The number of hydrogen-bond donors (Lipinski definition) is 2. The van der Waals surface area contributed by atoms with Crippen molar-refractivity contribution in [1.29, 1.82) is 0 Å². The third-order valence-corrected chi connectivity index (χ3v) is 5.74. The summed E-state index contributed by atoms with van der Waals surface area (Å²) in [6.45, 7) is 0.228. The molecule has 1 fully saturated rings. The molecule has 21 heavy (non-hydrogen) atoms. The van der Waals surface area contributed by atoms with Crippen molar-refractivity contribution in [1.82, 2.24) is 4.72 Å². The SMILES string of the molecule is COc1ccc(C#CCN)cc1S(=O)(=O)NC1CCSC1. The molecule has 0 amide bonds. The average molecular weight is 326 g/mol. The van der Waals surface area contributed by atoms with Crippen LogP contribution in [0.2, 0.25) is 0 Å². The summed E-state index contributed by atoms with van der Waals surface area (Å²) in [4.78, 5) is 0.116. The normalized spacial score (nSPS) is 18.1. The predicted octanol–water partition coefficient (Wildman–Crippen LogP) is 0.789. The van der Waals surface area contributed by atoms with E-state index in [2.05, 4.69) is 16.6 Å². The second kappa shape index (κ2) is 7.18. The zero-order chi connectivity index (χ0) is 15.3. The first-order chi connectivity index (χ1) is 10.1. The van der Waals surface area contributed by atoms with Crippen molar-refractivity contribution in [2.75, 3.05) is 25.2 Å². The van der Waals surface area contributed by atoms with Crippen LogP contribution in [0.1, 0.15) is 12.0 Å². The topological polar surface area (TPSA) is 81.4 Å². The van der Waals surface area contributed by atoms with Crippen molar-refractivity contribution in [3.05, 3.63) is 23.8 Å². The first-order valence-electron chi connectivity index (χ1n) is 6.54. The van der Waals surface area contributed by atoms with E-state index in [-0.39, 0.29) is 17.5 Å². The molecule has 0 saturated carbocycles. The van der Waals surface area contributed by atoms with Gasteiger partial charge in [0.25, 0.3) is 0 Å². The molecule has 0 spiro atoms. The highest BCUT2D eigenvalue weighted by molar-refractivity contribution is 7.99. The lowest BCUT2D eigenvalue weighted by atomic mass is 10.2. The Morgan fingerprint density at radius 3 is 2.95 bits per heavy atom. The first kappa shape index (κ1) is 16.2. The fourth-order valence-electron chi connectivity index (χ4n) is 2.03. The van der Waals surface area contributed by atoms with Gasteiger partial charge in [-0.3, -0.25) is 0 Å². The zero-order valence-electron chi connectivity index (χ0n) is 11.8. The molecular weight excluding hydrogens is 308 g/mol. The minimum Gasteiger partial charge on any atom is -0.495 e.